The van der Waals surface area contributed by atoms with E-state index in [0.717, 1.165) is 24.1 Å². The number of amides is 1. The van der Waals surface area contributed by atoms with Gasteiger partial charge in [0, 0.05) is 25.3 Å². The fraction of sp³-hybridized carbons (Fsp3) is 0.455. The molecule has 1 aliphatic carbocycles. The second-order valence-electron chi connectivity index (χ2n) is 7.10. The molecule has 2 aromatic rings. The van der Waals surface area contributed by atoms with Crippen molar-refractivity contribution < 1.29 is 26.7 Å². The largest absolute Gasteiger partial charge is 1.00 e. The van der Waals surface area contributed by atoms with Gasteiger partial charge in [0.15, 0.2) is 18.1 Å². The van der Waals surface area contributed by atoms with E-state index in [2.05, 4.69) is 15.6 Å². The molecule has 0 spiro atoms. The summed E-state index contributed by atoms with van der Waals surface area (Å²) in [7, 11) is 1.61. The summed E-state index contributed by atoms with van der Waals surface area (Å²) in [4.78, 5) is 16.4. The summed E-state index contributed by atoms with van der Waals surface area (Å²) in [6.07, 6.45) is 7.56. The molecule has 29 heavy (non-hydrogen) atoms. The number of halogens is 1. The molecule has 0 aliphatic heterocycles. The quantitative estimate of drug-likeness (QED) is 0.609. The summed E-state index contributed by atoms with van der Waals surface area (Å²) in [5.74, 6) is 1.13. The van der Waals surface area contributed by atoms with Crippen LogP contribution in [0.1, 0.15) is 43.4 Å². The Bertz CT molecular complexity index is 752. The summed E-state index contributed by atoms with van der Waals surface area (Å²) < 4.78 is 11.1. The van der Waals surface area contributed by atoms with E-state index in [9.17, 15) is 4.79 Å². The number of hydrogen-bond acceptors (Lipinski definition) is 5. The van der Waals surface area contributed by atoms with Gasteiger partial charge in [-0.1, -0.05) is 31.4 Å². The van der Waals surface area contributed by atoms with Crippen LogP contribution in [-0.4, -0.2) is 30.6 Å². The molecule has 0 unspecified atom stereocenters. The van der Waals surface area contributed by atoms with E-state index in [1.54, 1.807) is 13.3 Å². The van der Waals surface area contributed by atoms with Crippen molar-refractivity contribution in [1.82, 2.24) is 15.6 Å². The van der Waals surface area contributed by atoms with Gasteiger partial charge in [0.2, 0.25) is 0 Å². The number of pyridine rings is 1. The predicted octanol–water partition coefficient (Wildman–Crippen LogP) is 0.212. The predicted molar refractivity (Wildman–Crippen MR) is 108 cm³/mol. The molecule has 2 N–H and O–H groups in total. The maximum atomic E-state index is 12.1. The Kier molecular flexibility index (Phi) is 9.74. The maximum absolute atomic E-state index is 12.1. The highest BCUT2D eigenvalue weighted by Crippen LogP contribution is 2.28. The van der Waals surface area contributed by atoms with Crippen molar-refractivity contribution in [2.24, 2.45) is 0 Å². The van der Waals surface area contributed by atoms with E-state index in [4.69, 9.17) is 9.47 Å². The lowest BCUT2D eigenvalue weighted by atomic mass is 9.95. The number of aromatic nitrogens is 1. The lowest BCUT2D eigenvalue weighted by Gasteiger charge is -2.22. The van der Waals surface area contributed by atoms with Crippen molar-refractivity contribution >= 4 is 5.91 Å². The van der Waals surface area contributed by atoms with Gasteiger partial charge in [0.1, 0.15) is 0 Å². The molecule has 3 rings (SSSR count). The molecular weight excluding hydrogens is 390 g/mol. The number of nitrogens with zero attached hydrogens (tertiary/aromatic N) is 1. The van der Waals surface area contributed by atoms with Gasteiger partial charge in [0.05, 0.1) is 12.8 Å². The molecule has 7 heteroatoms. The fourth-order valence-electron chi connectivity index (χ4n) is 3.44. The molecular formula is C22H29ClN3O3-. The van der Waals surface area contributed by atoms with Crippen molar-refractivity contribution in [2.75, 3.05) is 13.7 Å². The number of nitrogens with one attached hydrogen (secondary N) is 2. The molecule has 6 nitrogen and oxygen atoms in total. The van der Waals surface area contributed by atoms with Crippen LogP contribution in [0.25, 0.3) is 0 Å². The van der Waals surface area contributed by atoms with Gasteiger partial charge in [-0.2, -0.15) is 0 Å². The van der Waals surface area contributed by atoms with Gasteiger partial charge in [-0.15, -0.1) is 0 Å². The Hall–Kier alpha value is -2.31. The summed E-state index contributed by atoms with van der Waals surface area (Å²) in [6.45, 7) is 1.39. The number of carbonyl (C=O) groups excluding carboxylic acids is 1. The minimum Gasteiger partial charge on any atom is -1.00 e. The Morgan fingerprint density at radius 2 is 1.93 bits per heavy atom. The second kappa shape index (κ2) is 12.3. The Morgan fingerprint density at radius 3 is 2.66 bits per heavy atom. The van der Waals surface area contributed by atoms with Crippen molar-refractivity contribution in [2.45, 2.75) is 51.2 Å². The highest BCUT2D eigenvalue weighted by Gasteiger charge is 2.16. The molecule has 1 aliphatic rings. The number of benzene rings is 1. The Labute approximate surface area is 178 Å². The Balaban J connectivity index is 0.00000300. The minimum atomic E-state index is -0.0740. The highest BCUT2D eigenvalue weighted by molar-refractivity contribution is 5.78. The first-order chi connectivity index (χ1) is 13.7. The average Bonchev–Trinajstić information content (AvgIpc) is 2.74. The third kappa shape index (κ3) is 7.55. The molecule has 158 valence electrons. The molecule has 0 radical (unpaired) electrons. The zero-order chi connectivity index (χ0) is 19.6. The van der Waals surface area contributed by atoms with Crippen molar-refractivity contribution in [3.05, 3.63) is 53.9 Å². The van der Waals surface area contributed by atoms with Gasteiger partial charge in [-0.05, 0) is 42.7 Å². The van der Waals surface area contributed by atoms with Gasteiger partial charge in [-0.3, -0.25) is 9.78 Å². The van der Waals surface area contributed by atoms with Gasteiger partial charge >= 0.3 is 0 Å². The lowest BCUT2D eigenvalue weighted by molar-refractivity contribution is -0.124. The van der Waals surface area contributed by atoms with Crippen LogP contribution in [0.15, 0.2) is 42.6 Å². The maximum Gasteiger partial charge on any atom is 0.258 e. The first-order valence-electron chi connectivity index (χ1n) is 9.94. The number of carbonyl (C=O) groups is 1. The smallest absolute Gasteiger partial charge is 0.258 e. The van der Waals surface area contributed by atoms with Gasteiger partial charge in [-0.25, -0.2) is 0 Å². The Morgan fingerprint density at radius 1 is 1.10 bits per heavy atom. The average molecular weight is 419 g/mol. The zero-order valence-electron chi connectivity index (χ0n) is 16.8. The molecule has 1 aromatic carbocycles. The van der Waals surface area contributed by atoms with E-state index in [-0.39, 0.29) is 24.9 Å². The van der Waals surface area contributed by atoms with E-state index < -0.39 is 0 Å². The summed E-state index contributed by atoms with van der Waals surface area (Å²) >= 11 is 0. The van der Waals surface area contributed by atoms with Crippen molar-refractivity contribution in [3.63, 3.8) is 0 Å². The third-order valence-electron chi connectivity index (χ3n) is 4.92. The van der Waals surface area contributed by atoms with Gasteiger partial charge in [0.25, 0.3) is 5.91 Å². The number of ether oxygens (including phenoxy) is 2. The van der Waals surface area contributed by atoms with Crippen LogP contribution in [0.5, 0.6) is 11.5 Å². The first kappa shape index (κ1) is 23.0. The third-order valence-corrected chi connectivity index (χ3v) is 4.92. The van der Waals surface area contributed by atoms with Crippen LogP contribution in [0.4, 0.5) is 0 Å². The topological polar surface area (TPSA) is 72.5 Å². The van der Waals surface area contributed by atoms with Crippen LogP contribution in [-0.2, 0) is 17.9 Å². The van der Waals surface area contributed by atoms with E-state index in [1.165, 1.54) is 19.3 Å². The van der Waals surface area contributed by atoms with E-state index in [1.807, 2.05) is 36.4 Å². The lowest BCUT2D eigenvalue weighted by Crippen LogP contribution is -3.00. The van der Waals surface area contributed by atoms with E-state index in [0.29, 0.717) is 30.6 Å². The summed E-state index contributed by atoms with van der Waals surface area (Å²) in [5.41, 5.74) is 2.07. The van der Waals surface area contributed by atoms with Gasteiger partial charge < -0.3 is 32.5 Å². The van der Waals surface area contributed by atoms with Crippen LogP contribution >= 0.6 is 0 Å². The molecule has 0 saturated heterocycles. The summed E-state index contributed by atoms with van der Waals surface area (Å²) in [5, 5.41) is 6.42. The molecule has 1 saturated carbocycles. The first-order valence-corrected chi connectivity index (χ1v) is 9.94. The number of rotatable bonds is 9. The molecule has 0 bridgehead atoms. The van der Waals surface area contributed by atoms with Crippen LogP contribution in [0.2, 0.25) is 0 Å². The van der Waals surface area contributed by atoms with Crippen molar-refractivity contribution in [3.8, 4) is 11.5 Å². The highest BCUT2D eigenvalue weighted by atomic mass is 35.5. The SMILES string of the molecule is COc1cc(CNCc2ccccn2)ccc1OCC(=O)NC1CCCCC1.[Cl-]. The monoisotopic (exact) mass is 418 g/mol. The number of methoxy groups -OCH3 is 1. The number of hydrogen-bond donors (Lipinski definition) is 2. The zero-order valence-corrected chi connectivity index (χ0v) is 17.6. The van der Waals surface area contributed by atoms with Crippen LogP contribution < -0.4 is 32.5 Å². The van der Waals surface area contributed by atoms with Crippen LogP contribution in [0, 0.1) is 0 Å². The van der Waals surface area contributed by atoms with E-state index >= 15 is 0 Å². The van der Waals surface area contributed by atoms with Crippen LogP contribution in [0.3, 0.4) is 0 Å². The minimum absolute atomic E-state index is 0. The standard InChI is InChI=1S/C22H29N3O3.ClH/c1-27-21-13-17(14-23-15-19-9-5-6-12-24-19)10-11-20(21)28-16-22(26)25-18-7-3-2-4-8-18;/h5-6,9-13,18,23H,2-4,7-8,14-16H2,1H3,(H,25,26);1H/p-1. The second-order valence-corrected chi connectivity index (χ2v) is 7.10. The molecule has 1 fully saturated rings. The fourth-order valence-corrected chi connectivity index (χ4v) is 3.44. The molecule has 1 amide bonds. The van der Waals surface area contributed by atoms with Crippen molar-refractivity contribution in [1.29, 1.82) is 0 Å². The molecule has 1 heterocycles. The summed E-state index contributed by atoms with van der Waals surface area (Å²) in [6, 6.07) is 11.9. The normalized spacial score (nSPS) is 14.0. The molecule has 0 atom stereocenters. The molecule has 1 aromatic heterocycles.